The second kappa shape index (κ2) is 24.0. The Hall–Kier alpha value is -6.89. The van der Waals surface area contributed by atoms with Crippen molar-refractivity contribution in [1.82, 2.24) is 39.5 Å². The number of nitrogens with two attached hydrogens (primary N) is 1. The molecule has 0 unspecified atom stereocenters. The fourth-order valence-corrected chi connectivity index (χ4v) is 11.5. The minimum atomic E-state index is 0.115. The largest absolute Gasteiger partial charge is 0.454 e. The van der Waals surface area contributed by atoms with E-state index in [1.807, 2.05) is 18.4 Å². The number of nitrogens with one attached hydrogen (secondary N) is 3. The monoisotopic (exact) mass is 1110 g/mol. The number of halogens is 2. The van der Waals surface area contributed by atoms with Gasteiger partial charge < -0.3 is 50.4 Å². The summed E-state index contributed by atoms with van der Waals surface area (Å²) in [5, 5.41) is 30.7. The zero-order valence-electron chi connectivity index (χ0n) is 41.7. The van der Waals surface area contributed by atoms with Crippen LogP contribution in [0.5, 0.6) is 23.0 Å². The summed E-state index contributed by atoms with van der Waals surface area (Å²) in [5.41, 5.74) is 14.3. The number of benzene rings is 4. The summed E-state index contributed by atoms with van der Waals surface area (Å²) in [5.74, 6) is 2.25. The van der Waals surface area contributed by atoms with Crippen LogP contribution in [0.3, 0.4) is 0 Å². The van der Waals surface area contributed by atoms with Gasteiger partial charge in [-0.05, 0) is 80.0 Å². The summed E-state index contributed by atoms with van der Waals surface area (Å²) in [4.78, 5) is 27.4. The second-order valence-corrected chi connectivity index (χ2v) is 22.0. The molecule has 0 radical (unpaired) electrons. The van der Waals surface area contributed by atoms with Crippen LogP contribution in [0.25, 0.3) is 20.7 Å². The van der Waals surface area contributed by atoms with E-state index in [-0.39, 0.29) is 13.6 Å². The number of piperazine rings is 2. The second-order valence-electron chi connectivity index (χ2n) is 18.1. The number of rotatable bonds is 11. The maximum absolute atomic E-state index is 9.76. The van der Waals surface area contributed by atoms with Crippen molar-refractivity contribution in [2.75, 3.05) is 108 Å². The minimum absolute atomic E-state index is 0.115. The maximum Gasteiger partial charge on any atom is 0.231 e. The smallest absolute Gasteiger partial charge is 0.231 e. The Bertz CT molecular complexity index is 3450. The molecule has 23 heteroatoms. The molecule has 2 saturated heterocycles. The first kappa shape index (κ1) is 52.5. The molecule has 8 heterocycles. The highest BCUT2D eigenvalue weighted by Gasteiger charge is 2.26. The number of nitriles is 2. The predicted molar refractivity (Wildman–Crippen MR) is 304 cm³/mol. The van der Waals surface area contributed by atoms with Gasteiger partial charge in [0.15, 0.2) is 43.8 Å². The van der Waals surface area contributed by atoms with Gasteiger partial charge in [-0.3, -0.25) is 9.80 Å². The molecule has 4 aliphatic heterocycles. The first-order chi connectivity index (χ1) is 37.0. The van der Waals surface area contributed by atoms with Gasteiger partial charge in [-0.2, -0.15) is 15.5 Å². The molecule has 0 atom stereocenters. The predicted octanol–water partition coefficient (Wildman–Crippen LogP) is 10.6. The third kappa shape index (κ3) is 12.2. The molecule has 4 aromatic heterocycles. The van der Waals surface area contributed by atoms with E-state index in [4.69, 9.17) is 47.9 Å². The highest BCUT2D eigenvalue weighted by molar-refractivity contribution is 8.00. The fraction of sp³-hybridized carbons (Fsp3) is 0.283. The molecule has 0 spiro atoms. The molecule has 8 aromatic rings. The third-order valence-corrected chi connectivity index (χ3v) is 16.6. The van der Waals surface area contributed by atoms with Crippen molar-refractivity contribution >= 4 is 118 Å². The lowest BCUT2D eigenvalue weighted by Gasteiger charge is -2.32. The van der Waals surface area contributed by atoms with Crippen molar-refractivity contribution in [3.05, 3.63) is 117 Å². The van der Waals surface area contributed by atoms with E-state index in [1.165, 1.54) is 84.1 Å². The van der Waals surface area contributed by atoms with Gasteiger partial charge in [0.25, 0.3) is 0 Å². The summed E-state index contributed by atoms with van der Waals surface area (Å²) in [7, 11) is 4.35. The summed E-state index contributed by atoms with van der Waals surface area (Å²) in [6, 6.07) is 27.9. The van der Waals surface area contributed by atoms with Crippen molar-refractivity contribution in [3.63, 3.8) is 0 Å². The third-order valence-electron chi connectivity index (χ3n) is 12.9. The Labute approximate surface area is 461 Å². The van der Waals surface area contributed by atoms with Crippen molar-refractivity contribution in [1.29, 1.82) is 10.5 Å². The first-order valence-corrected chi connectivity index (χ1v) is 27.8. The Morgan fingerprint density at radius 3 is 1.57 bits per heavy atom. The Balaban J connectivity index is 0.000000144. The van der Waals surface area contributed by atoms with Crippen molar-refractivity contribution in [2.45, 2.75) is 17.4 Å². The molecule has 76 heavy (non-hydrogen) atoms. The van der Waals surface area contributed by atoms with E-state index in [2.05, 4.69) is 118 Å². The van der Waals surface area contributed by atoms with Gasteiger partial charge in [-0.15, -0.1) is 11.3 Å². The molecular formula is C53H52Cl2N14O4S3. The number of fused-ring (bicyclic) bond motifs is 4. The first-order valence-electron chi connectivity index (χ1n) is 24.2. The highest BCUT2D eigenvalue weighted by Crippen LogP contribution is 2.48. The Morgan fingerprint density at radius 1 is 0.605 bits per heavy atom. The molecule has 5 N–H and O–H groups in total. The van der Waals surface area contributed by atoms with E-state index in [0.717, 1.165) is 64.4 Å². The van der Waals surface area contributed by atoms with Gasteiger partial charge in [-0.1, -0.05) is 70.6 Å². The molecular weight excluding hydrogens is 1060 g/mol. The maximum atomic E-state index is 9.76. The van der Waals surface area contributed by atoms with Crippen molar-refractivity contribution in [2.24, 2.45) is 0 Å². The van der Waals surface area contributed by atoms with E-state index in [9.17, 15) is 10.5 Å². The number of pyridine rings is 2. The number of thiazole rings is 2. The van der Waals surface area contributed by atoms with Gasteiger partial charge in [0.05, 0.1) is 37.2 Å². The van der Waals surface area contributed by atoms with E-state index in [1.54, 1.807) is 24.3 Å². The van der Waals surface area contributed by atoms with Crippen LogP contribution in [0, 0.1) is 22.7 Å². The number of hydrogen-bond donors (Lipinski definition) is 4. The lowest BCUT2D eigenvalue weighted by atomic mass is 10.2. The van der Waals surface area contributed by atoms with Crippen molar-refractivity contribution in [3.8, 4) is 35.1 Å². The lowest BCUT2D eigenvalue weighted by molar-refractivity contribution is 0.148. The molecule has 18 nitrogen and oxygen atoms in total. The molecule has 2 fully saturated rings. The van der Waals surface area contributed by atoms with Gasteiger partial charge in [0, 0.05) is 89.2 Å². The van der Waals surface area contributed by atoms with E-state index < -0.39 is 0 Å². The number of ether oxygens (including phenoxy) is 4. The van der Waals surface area contributed by atoms with Crippen LogP contribution in [0.4, 0.5) is 39.3 Å². The Kier molecular flexibility index (Phi) is 16.6. The number of nitrogen functional groups attached to an aromatic ring is 1. The average Bonchev–Trinajstić information content (AvgIpc) is 4.28. The molecule has 0 saturated carbocycles. The fourth-order valence-electron chi connectivity index (χ4n) is 8.64. The summed E-state index contributed by atoms with van der Waals surface area (Å²) in [6.07, 6.45) is 4.96. The number of likely N-dealkylation sites (N-methyl/N-ethyl adjacent to an activating group) is 2. The van der Waals surface area contributed by atoms with E-state index >= 15 is 0 Å². The standard InChI is InChI=1S/C26H24ClN7O2S.C15H9ClN4O2S2.C12H19N3/c1-33-8-10-34(11-9-33)14-16-2-4-18(5-3-16)30-26-32-25-24(37-26)21(17(12-28)13-29-25)31-22-19(27)6-7-20-23(22)36-15-35-20;1-23-15-20-14-13(24-15)10(7(4-17)5-18-14)19-11-8(16)2-3-9-12(11)22-6-21-9;1-14-6-8-15(9-7-14)10-11-2-4-12(13)5-3-11/h2-7,13H,8-11,14-15H2,1H3,(H2,29,30,31,32);2-3,5H,6H2,1H3,(H,18,19);2-5H,6-10,13H2,1H3. The van der Waals surface area contributed by atoms with Gasteiger partial charge in [-0.25, -0.2) is 15.0 Å². The molecule has 0 aliphatic carbocycles. The van der Waals surface area contributed by atoms with Crippen LogP contribution in [-0.4, -0.2) is 126 Å². The molecule has 0 amide bonds. The number of hydrogen-bond acceptors (Lipinski definition) is 21. The number of nitrogens with zero attached hydrogens (tertiary/aromatic N) is 10. The van der Waals surface area contributed by atoms with Gasteiger partial charge >= 0.3 is 0 Å². The van der Waals surface area contributed by atoms with Gasteiger partial charge in [0.1, 0.15) is 28.2 Å². The minimum Gasteiger partial charge on any atom is -0.454 e. The van der Waals surface area contributed by atoms with E-state index in [0.29, 0.717) is 83.3 Å². The Morgan fingerprint density at radius 2 is 1.08 bits per heavy atom. The van der Waals surface area contributed by atoms with Crippen LogP contribution < -0.4 is 40.6 Å². The van der Waals surface area contributed by atoms with Crippen LogP contribution in [-0.2, 0) is 13.1 Å². The number of aromatic nitrogens is 4. The van der Waals surface area contributed by atoms with Crippen LogP contribution >= 0.6 is 57.6 Å². The van der Waals surface area contributed by atoms with Crippen LogP contribution in [0.15, 0.2) is 89.5 Å². The number of anilines is 7. The zero-order chi connectivity index (χ0) is 52.7. The summed E-state index contributed by atoms with van der Waals surface area (Å²) in [6.45, 7) is 11.3. The zero-order valence-corrected chi connectivity index (χ0v) is 45.7. The topological polar surface area (TPSA) is 211 Å². The summed E-state index contributed by atoms with van der Waals surface area (Å²) < 4.78 is 24.4. The molecule has 4 aliphatic rings. The van der Waals surface area contributed by atoms with Gasteiger partial charge in [0.2, 0.25) is 13.6 Å². The van der Waals surface area contributed by atoms with Crippen molar-refractivity contribution < 1.29 is 18.9 Å². The lowest BCUT2D eigenvalue weighted by Crippen LogP contribution is -2.43. The SMILES string of the molecule is CN1CCN(Cc2ccc(N)cc2)CC1.CN1CCN(Cc2ccc(Nc3nc4ncc(C#N)c(Nc5c(Cl)ccc6c5OCO6)c4s3)cc2)CC1.CSc1nc2ncc(C#N)c(Nc3c(Cl)ccc4c3OCO4)c2s1. The summed E-state index contributed by atoms with van der Waals surface area (Å²) >= 11 is 17.2. The highest BCUT2D eigenvalue weighted by atomic mass is 35.5. The molecule has 390 valence electrons. The normalized spacial score (nSPS) is 15.3. The average molecular weight is 1120 g/mol. The van der Waals surface area contributed by atoms with Crippen LogP contribution in [0.2, 0.25) is 10.0 Å². The molecule has 0 bridgehead atoms. The quantitative estimate of drug-likeness (QED) is 0.0701. The molecule has 12 rings (SSSR count). The molecule has 4 aromatic carbocycles. The number of thioether (sulfide) groups is 1. The van der Waals surface area contributed by atoms with Crippen LogP contribution in [0.1, 0.15) is 22.3 Å².